The van der Waals surface area contributed by atoms with Crippen LogP contribution in [0, 0.1) is 0 Å². The Morgan fingerprint density at radius 3 is 1.79 bits per heavy atom. The summed E-state index contributed by atoms with van der Waals surface area (Å²) in [5.74, 6) is 0. The molecule has 334 valence electrons. The molecule has 70 heavy (non-hydrogen) atoms. The maximum atomic E-state index is 2.43. The maximum Gasteiger partial charge on any atom is 0.219 e. The van der Waals surface area contributed by atoms with Crippen molar-refractivity contribution >= 4 is 82.5 Å². The maximum absolute atomic E-state index is 2.43. The smallest absolute Gasteiger partial charge is 0.219 e. The van der Waals surface area contributed by atoms with Crippen molar-refractivity contribution in [3.8, 4) is 33.4 Å². The van der Waals surface area contributed by atoms with Crippen molar-refractivity contribution in [2.45, 2.75) is 26.2 Å². The first-order valence-corrected chi connectivity index (χ1v) is 25.0. The van der Waals surface area contributed by atoms with Gasteiger partial charge in [0.2, 0.25) is 11.4 Å². The zero-order valence-corrected chi connectivity index (χ0v) is 40.4. The zero-order chi connectivity index (χ0) is 47.2. The lowest BCUT2D eigenvalue weighted by atomic mass is 9.82. The summed E-state index contributed by atoms with van der Waals surface area (Å²) in [4.78, 5) is 2.39. The molecule has 0 bridgehead atoms. The van der Waals surface area contributed by atoms with Crippen LogP contribution in [-0.2, 0) is 5.41 Å². The van der Waals surface area contributed by atoms with Crippen LogP contribution in [0.25, 0.3) is 69.9 Å². The second-order valence-corrected chi connectivity index (χ2v) is 19.8. The Kier molecular flexibility index (Phi) is 11.0. The van der Waals surface area contributed by atoms with Gasteiger partial charge in [-0.05, 0) is 129 Å². The Morgan fingerprint density at radius 1 is 0.471 bits per heavy atom. The molecule has 11 aromatic rings. The van der Waals surface area contributed by atoms with E-state index in [0.717, 1.165) is 34.0 Å². The number of nitrogens with zero attached hydrogens (tertiary/aromatic N) is 2. The number of anilines is 3. The number of hydrogen-bond donors (Lipinski definition) is 0. The van der Waals surface area contributed by atoms with Crippen molar-refractivity contribution in [1.29, 1.82) is 0 Å². The molecule has 12 rings (SSSR count). The second kappa shape index (κ2) is 17.9. The van der Waals surface area contributed by atoms with Crippen LogP contribution < -0.4 is 9.48 Å². The molecule has 1 aromatic heterocycles. The van der Waals surface area contributed by atoms with Gasteiger partial charge in [0.1, 0.15) is 0 Å². The van der Waals surface area contributed by atoms with E-state index in [0.29, 0.717) is 0 Å². The lowest BCUT2D eigenvalue weighted by Crippen LogP contribution is -2.17. The average Bonchev–Trinajstić information content (AvgIpc) is 3.90. The monoisotopic (exact) mass is 915 g/mol. The highest BCUT2D eigenvalue weighted by Crippen LogP contribution is 2.52. The minimum absolute atomic E-state index is 0.273. The number of allylic oxidation sites excluding steroid dienone is 4. The highest BCUT2D eigenvalue weighted by Gasteiger charge is 2.37. The fraction of sp³-hybridized carbons (Fsp3) is 0.0597. The van der Waals surface area contributed by atoms with Crippen LogP contribution in [0.5, 0.6) is 0 Å². The molecule has 0 radical (unpaired) electrons. The minimum atomic E-state index is -0.273. The van der Waals surface area contributed by atoms with E-state index in [9.17, 15) is 0 Å². The molecule has 0 aliphatic heterocycles. The Morgan fingerprint density at radius 2 is 1.04 bits per heavy atom. The molecule has 1 heterocycles. The van der Waals surface area contributed by atoms with Gasteiger partial charge in [0.05, 0.1) is 5.39 Å². The topological polar surface area (TPSA) is 6.25 Å². The third kappa shape index (κ3) is 7.75. The third-order valence-corrected chi connectivity index (χ3v) is 15.3. The zero-order valence-electron chi connectivity index (χ0n) is 39.6. The first-order chi connectivity index (χ1) is 34.4. The molecule has 1 aliphatic carbocycles. The first-order valence-electron chi connectivity index (χ1n) is 24.2. The van der Waals surface area contributed by atoms with Crippen LogP contribution in [0.1, 0.15) is 37.5 Å². The highest BCUT2D eigenvalue weighted by molar-refractivity contribution is 7.25. The summed E-state index contributed by atoms with van der Waals surface area (Å²) in [5, 5.41) is 5.04. The largest absolute Gasteiger partial charge is 0.310 e. The Bertz CT molecular complexity index is 3830. The van der Waals surface area contributed by atoms with E-state index in [-0.39, 0.29) is 5.41 Å². The number of rotatable bonds is 10. The molecule has 0 unspecified atom stereocenters. The molecule has 0 spiro atoms. The molecule has 0 N–H and O–H groups in total. The third-order valence-electron chi connectivity index (χ3n) is 14.1. The molecular weight excluding hydrogens is 865 g/mol. The van der Waals surface area contributed by atoms with Gasteiger partial charge in [-0.1, -0.05) is 178 Å². The lowest BCUT2D eigenvalue weighted by molar-refractivity contribution is 0.660. The molecule has 0 saturated carbocycles. The van der Waals surface area contributed by atoms with E-state index in [2.05, 4.69) is 285 Å². The Labute approximate surface area is 414 Å². The molecule has 0 amide bonds. The Balaban J connectivity index is 0.921. The van der Waals surface area contributed by atoms with Crippen LogP contribution >= 0.6 is 11.3 Å². The van der Waals surface area contributed by atoms with Crippen molar-refractivity contribution < 1.29 is 0 Å². The van der Waals surface area contributed by atoms with Crippen molar-refractivity contribution in [2.24, 2.45) is 0 Å². The standard InChI is InChI=1S/C67H51N2S/c1-4-16-46(52-33-38-61-60-24-13-14-26-65(60)70-66(61)43-52)41-42-68(64-25-15-20-51-19-11-12-23-57(51)64)55-36-39-58-59-40-37-56(45-63(59)67(2,3)62(58)44-55)69(53-21-9-6-10-22-53)54-34-31-50(32-35-54)49-29-27-48(28-30-49)47-17-7-5-8-18-47/h4-45H,1-3H3/q+1/b16-4-,46-41+,68-42?. The van der Waals surface area contributed by atoms with E-state index in [1.165, 1.54) is 81.0 Å². The predicted octanol–water partition coefficient (Wildman–Crippen LogP) is 18.9. The normalized spacial score (nSPS) is 13.3. The second-order valence-electron chi connectivity index (χ2n) is 18.7. The molecule has 0 atom stereocenters. The number of hydrogen-bond acceptors (Lipinski definition) is 2. The predicted molar refractivity (Wildman–Crippen MR) is 303 cm³/mol. The number of benzene rings is 10. The molecular formula is C67H51N2S+. The molecule has 3 heteroatoms. The van der Waals surface area contributed by atoms with Gasteiger partial charge < -0.3 is 4.90 Å². The van der Waals surface area contributed by atoms with Gasteiger partial charge in [-0.3, -0.25) is 0 Å². The minimum Gasteiger partial charge on any atom is -0.310 e. The number of thiophene rings is 1. The molecule has 10 aromatic carbocycles. The average molecular weight is 916 g/mol. The van der Waals surface area contributed by atoms with Crippen molar-refractivity contribution in [2.75, 3.05) is 4.90 Å². The summed E-state index contributed by atoms with van der Waals surface area (Å²) < 4.78 is 5.00. The van der Waals surface area contributed by atoms with Gasteiger partial charge in [-0.2, -0.15) is 4.58 Å². The van der Waals surface area contributed by atoms with Gasteiger partial charge in [0.15, 0.2) is 6.21 Å². The number of para-hydroxylation sites is 1. The number of fused-ring (bicyclic) bond motifs is 7. The summed E-state index contributed by atoms with van der Waals surface area (Å²) in [6, 6.07) is 84.3. The van der Waals surface area contributed by atoms with Crippen LogP contribution in [-0.4, -0.2) is 6.21 Å². The van der Waals surface area contributed by atoms with Crippen LogP contribution in [0.15, 0.2) is 249 Å². The van der Waals surface area contributed by atoms with Crippen molar-refractivity contribution in [3.63, 3.8) is 0 Å². The highest BCUT2D eigenvalue weighted by atomic mass is 32.1. The summed E-state index contributed by atoms with van der Waals surface area (Å²) >= 11 is 1.86. The first kappa shape index (κ1) is 42.9. The molecule has 2 nitrogen and oxygen atoms in total. The van der Waals surface area contributed by atoms with E-state index in [1.54, 1.807) is 0 Å². The van der Waals surface area contributed by atoms with Crippen LogP contribution in [0.2, 0.25) is 0 Å². The molecule has 0 saturated heterocycles. The fourth-order valence-electron chi connectivity index (χ4n) is 10.5. The fourth-order valence-corrected chi connectivity index (χ4v) is 11.7. The van der Waals surface area contributed by atoms with E-state index in [1.807, 2.05) is 11.3 Å². The summed E-state index contributed by atoms with van der Waals surface area (Å²) in [5.41, 5.74) is 17.7. The quantitative estimate of drug-likeness (QED) is 0.0753. The van der Waals surface area contributed by atoms with Gasteiger partial charge >= 0.3 is 0 Å². The Hall–Kier alpha value is -8.37. The van der Waals surface area contributed by atoms with E-state index in [4.69, 9.17) is 0 Å². The SMILES string of the molecule is C/C=C\C(=C/C=[N+](c1ccc2c(c1)C(C)(C)c1cc(N(c3ccccc3)c3ccc(-c4ccc(-c5ccccc5)cc4)cc3)ccc1-2)c1cccc2ccccc12)c1ccc2c(c1)sc1ccccc12. The van der Waals surface area contributed by atoms with Crippen molar-refractivity contribution in [3.05, 3.63) is 265 Å². The summed E-state index contributed by atoms with van der Waals surface area (Å²) in [6.07, 6.45) is 8.91. The van der Waals surface area contributed by atoms with Gasteiger partial charge in [-0.25, -0.2) is 0 Å². The van der Waals surface area contributed by atoms with E-state index >= 15 is 0 Å². The van der Waals surface area contributed by atoms with E-state index < -0.39 is 0 Å². The van der Waals surface area contributed by atoms with Crippen molar-refractivity contribution in [1.82, 2.24) is 4.58 Å². The van der Waals surface area contributed by atoms with Crippen LogP contribution in [0.4, 0.5) is 28.4 Å². The summed E-state index contributed by atoms with van der Waals surface area (Å²) in [6.45, 7) is 6.87. The molecule has 0 fully saturated rings. The molecule has 1 aliphatic rings. The van der Waals surface area contributed by atoms with Gasteiger partial charge in [0.25, 0.3) is 0 Å². The van der Waals surface area contributed by atoms with Gasteiger partial charge in [-0.15, -0.1) is 11.3 Å². The lowest BCUT2D eigenvalue weighted by Gasteiger charge is -2.28. The van der Waals surface area contributed by atoms with Crippen LogP contribution in [0.3, 0.4) is 0 Å². The summed E-state index contributed by atoms with van der Waals surface area (Å²) in [7, 11) is 0. The van der Waals surface area contributed by atoms with Gasteiger partial charge in [0, 0.05) is 66.9 Å².